The van der Waals surface area contributed by atoms with Gasteiger partial charge in [0.25, 0.3) is 0 Å². The Kier molecular flexibility index (Phi) is 6.32. The molecule has 9 nitrogen and oxygen atoms in total. The van der Waals surface area contributed by atoms with Gasteiger partial charge in [-0.2, -0.15) is 0 Å². The van der Waals surface area contributed by atoms with Crippen LogP contribution in [0, 0.1) is 17.5 Å². The molecule has 0 saturated carbocycles. The second-order valence-corrected chi connectivity index (χ2v) is 9.89. The first kappa shape index (κ1) is 23.4. The molecule has 0 spiro atoms. The molecular formula is C21H23ClFN5O4S. The standard InChI is InChI=1S/C21H23ClFN5O4S/c1-12-3-4-18-17(7-12)26-20(19-15(22)8-14(9-16(19)23)33(24,25)30)28(18)11-13-10-27(5-6-32-13)21(29)31-2/h3-4,7-9,13H,5-6,10-11H2,1-2H3,(H3,24,25,30)/t13-/m1/s1. The number of carbonyl (C=O) groups is 1. The van der Waals surface area contributed by atoms with E-state index < -0.39 is 27.9 Å². The number of fused-ring (bicyclic) bond motifs is 1. The van der Waals surface area contributed by atoms with E-state index in [1.54, 1.807) is 9.47 Å². The lowest BCUT2D eigenvalue weighted by Gasteiger charge is -2.32. The molecule has 0 bridgehead atoms. The number of hydrogen-bond acceptors (Lipinski definition) is 6. The van der Waals surface area contributed by atoms with E-state index in [4.69, 9.17) is 31.0 Å². The van der Waals surface area contributed by atoms with Crippen molar-refractivity contribution in [3.05, 3.63) is 46.7 Å². The fourth-order valence-electron chi connectivity index (χ4n) is 3.88. The number of morpholine rings is 1. The van der Waals surface area contributed by atoms with E-state index in [0.29, 0.717) is 25.2 Å². The minimum absolute atomic E-state index is 0.00134. The summed E-state index contributed by atoms with van der Waals surface area (Å²) in [7, 11) is -2.33. The number of amides is 1. The molecule has 1 aliphatic rings. The number of aromatic nitrogens is 2. The second kappa shape index (κ2) is 8.90. The smallest absolute Gasteiger partial charge is 0.409 e. The molecule has 1 fully saturated rings. The molecule has 0 radical (unpaired) electrons. The van der Waals surface area contributed by atoms with E-state index in [1.807, 2.05) is 25.1 Å². The topological polar surface area (TPSA) is 124 Å². The second-order valence-electron chi connectivity index (χ2n) is 7.81. The third-order valence-electron chi connectivity index (χ3n) is 5.45. The highest BCUT2D eigenvalue weighted by Crippen LogP contribution is 2.35. The monoisotopic (exact) mass is 495 g/mol. The van der Waals surface area contributed by atoms with E-state index in [9.17, 15) is 9.00 Å². The molecule has 1 aromatic heterocycles. The quantitative estimate of drug-likeness (QED) is 0.572. The third kappa shape index (κ3) is 4.67. The molecular weight excluding hydrogens is 473 g/mol. The molecule has 0 aliphatic carbocycles. The van der Waals surface area contributed by atoms with Crippen molar-refractivity contribution in [1.82, 2.24) is 14.5 Å². The van der Waals surface area contributed by atoms with Gasteiger partial charge >= 0.3 is 6.09 Å². The molecule has 4 rings (SSSR count). The number of nitrogens with zero attached hydrogens (tertiary/aromatic N) is 3. The van der Waals surface area contributed by atoms with E-state index >= 15 is 4.39 Å². The van der Waals surface area contributed by atoms with Gasteiger partial charge < -0.3 is 18.9 Å². The maximum atomic E-state index is 15.2. The number of aryl methyl sites for hydroxylation is 1. The van der Waals surface area contributed by atoms with Crippen molar-refractivity contribution >= 4 is 38.6 Å². The molecule has 3 N–H and O–H groups in total. The summed E-state index contributed by atoms with van der Waals surface area (Å²) < 4.78 is 47.1. The average Bonchev–Trinajstić information content (AvgIpc) is 3.09. The van der Waals surface area contributed by atoms with Crippen LogP contribution in [-0.2, 0) is 25.9 Å². The Morgan fingerprint density at radius 3 is 2.85 bits per heavy atom. The Morgan fingerprint density at radius 2 is 2.18 bits per heavy atom. The van der Waals surface area contributed by atoms with Crippen LogP contribution in [0.3, 0.4) is 0 Å². The summed E-state index contributed by atoms with van der Waals surface area (Å²) in [5, 5.41) is 5.29. The zero-order valence-corrected chi connectivity index (χ0v) is 19.6. The van der Waals surface area contributed by atoms with E-state index in [0.717, 1.165) is 17.1 Å². The minimum Gasteiger partial charge on any atom is -0.453 e. The summed E-state index contributed by atoms with van der Waals surface area (Å²) >= 11 is 6.37. The molecule has 33 heavy (non-hydrogen) atoms. The van der Waals surface area contributed by atoms with Crippen molar-refractivity contribution in [3.8, 4) is 11.4 Å². The molecule has 1 unspecified atom stereocenters. The normalized spacial score (nSPS) is 18.3. The maximum absolute atomic E-state index is 15.2. The Hall–Kier alpha value is -2.73. The van der Waals surface area contributed by atoms with Crippen LogP contribution in [0.15, 0.2) is 35.2 Å². The van der Waals surface area contributed by atoms with Crippen LogP contribution < -0.4 is 5.14 Å². The zero-order valence-electron chi connectivity index (χ0n) is 18.0. The van der Waals surface area contributed by atoms with Crippen molar-refractivity contribution in [2.24, 2.45) is 5.14 Å². The number of ether oxygens (including phenoxy) is 2. The van der Waals surface area contributed by atoms with Crippen molar-refractivity contribution in [3.63, 3.8) is 0 Å². The first-order valence-corrected chi connectivity index (χ1v) is 12.1. The summed E-state index contributed by atoms with van der Waals surface area (Å²) in [4.78, 5) is 17.9. The van der Waals surface area contributed by atoms with Crippen molar-refractivity contribution in [2.75, 3.05) is 26.8 Å². The Morgan fingerprint density at radius 1 is 1.42 bits per heavy atom. The van der Waals surface area contributed by atoms with Crippen LogP contribution in [0.1, 0.15) is 5.56 Å². The molecule has 3 aromatic rings. The first-order valence-electron chi connectivity index (χ1n) is 10.1. The van der Waals surface area contributed by atoms with Gasteiger partial charge in [-0.1, -0.05) is 17.7 Å². The summed E-state index contributed by atoms with van der Waals surface area (Å²) in [6, 6.07) is 7.83. The van der Waals surface area contributed by atoms with Crippen LogP contribution in [0.5, 0.6) is 0 Å². The summed E-state index contributed by atoms with van der Waals surface area (Å²) in [5.41, 5.74) is 2.34. The summed E-state index contributed by atoms with van der Waals surface area (Å²) in [5.74, 6) is -0.547. The van der Waals surface area contributed by atoms with Gasteiger partial charge in [0, 0.05) is 6.54 Å². The van der Waals surface area contributed by atoms with E-state index in [-0.39, 0.29) is 27.9 Å². The highest BCUT2D eigenvalue weighted by atomic mass is 35.5. The number of rotatable bonds is 4. The number of methoxy groups -OCH3 is 1. The number of carbonyl (C=O) groups excluding carboxylic acids is 1. The number of benzene rings is 2. The van der Waals surface area contributed by atoms with Crippen LogP contribution in [-0.4, -0.2) is 57.7 Å². The fourth-order valence-corrected chi connectivity index (χ4v) is 4.81. The van der Waals surface area contributed by atoms with E-state index in [2.05, 4.69) is 4.98 Å². The number of nitrogens with one attached hydrogen (secondary N) is 1. The third-order valence-corrected chi connectivity index (χ3v) is 6.69. The van der Waals surface area contributed by atoms with Gasteiger partial charge in [0.2, 0.25) is 0 Å². The molecule has 1 amide bonds. The predicted molar refractivity (Wildman–Crippen MR) is 122 cm³/mol. The summed E-state index contributed by atoms with van der Waals surface area (Å²) in [6.07, 6.45) is -0.840. The molecule has 1 aliphatic heterocycles. The van der Waals surface area contributed by atoms with Crippen molar-refractivity contribution < 1.29 is 22.9 Å². The molecule has 176 valence electrons. The lowest BCUT2D eigenvalue weighted by atomic mass is 10.2. The van der Waals surface area contributed by atoms with Crippen LogP contribution in [0.4, 0.5) is 9.18 Å². The van der Waals surface area contributed by atoms with Crippen LogP contribution in [0.25, 0.3) is 22.4 Å². The van der Waals surface area contributed by atoms with Gasteiger partial charge in [-0.3, -0.25) is 0 Å². The number of imidazole rings is 1. The Bertz CT molecular complexity index is 1320. The van der Waals surface area contributed by atoms with Gasteiger partial charge in [-0.25, -0.2) is 28.3 Å². The lowest BCUT2D eigenvalue weighted by Crippen LogP contribution is -2.47. The SMILES string of the molecule is COC(=O)N1CCO[C@@H](Cn2c(-c3c(F)cc(S(=N)(N)=O)cc3Cl)nc3cc(C)ccc32)C1. The average molecular weight is 496 g/mol. The molecule has 2 aromatic carbocycles. The predicted octanol–water partition coefficient (Wildman–Crippen LogP) is 3.55. The van der Waals surface area contributed by atoms with Gasteiger partial charge in [0.05, 0.1) is 59.4 Å². The minimum atomic E-state index is -3.65. The molecule has 12 heteroatoms. The Balaban J connectivity index is 1.82. The largest absolute Gasteiger partial charge is 0.453 e. The van der Waals surface area contributed by atoms with Gasteiger partial charge in [-0.15, -0.1) is 0 Å². The van der Waals surface area contributed by atoms with Crippen LogP contribution in [0.2, 0.25) is 5.02 Å². The molecule has 2 heterocycles. The summed E-state index contributed by atoms with van der Waals surface area (Å²) in [6.45, 7) is 3.23. The van der Waals surface area contributed by atoms with Crippen molar-refractivity contribution in [2.45, 2.75) is 24.5 Å². The molecule has 2 atom stereocenters. The highest BCUT2D eigenvalue weighted by molar-refractivity contribution is 7.90. The first-order chi connectivity index (χ1) is 15.6. The number of halogens is 2. The Labute approximate surface area is 195 Å². The lowest BCUT2D eigenvalue weighted by molar-refractivity contribution is -0.0310. The van der Waals surface area contributed by atoms with Gasteiger partial charge in [0.15, 0.2) is 0 Å². The molecule has 1 saturated heterocycles. The van der Waals surface area contributed by atoms with Crippen molar-refractivity contribution in [1.29, 1.82) is 4.78 Å². The van der Waals surface area contributed by atoms with Crippen LogP contribution >= 0.6 is 11.6 Å². The van der Waals surface area contributed by atoms with Gasteiger partial charge in [0.1, 0.15) is 21.6 Å². The van der Waals surface area contributed by atoms with E-state index in [1.165, 1.54) is 13.2 Å². The highest BCUT2D eigenvalue weighted by Gasteiger charge is 2.28. The maximum Gasteiger partial charge on any atom is 0.409 e. The number of hydrogen-bond donors (Lipinski definition) is 2. The zero-order chi connectivity index (χ0) is 23.9. The number of nitrogens with two attached hydrogens (primary N) is 1. The van der Waals surface area contributed by atoms with Gasteiger partial charge in [-0.05, 0) is 36.8 Å². The fraction of sp³-hybridized carbons (Fsp3) is 0.333.